The third kappa shape index (κ3) is 6.77. The van der Waals surface area contributed by atoms with Crippen molar-refractivity contribution in [1.82, 2.24) is 5.32 Å². The summed E-state index contributed by atoms with van der Waals surface area (Å²) in [5.41, 5.74) is 1.44. The predicted octanol–water partition coefficient (Wildman–Crippen LogP) is 3.27. The van der Waals surface area contributed by atoms with Crippen molar-refractivity contribution in [3.05, 3.63) is 35.9 Å². The number of benzene rings is 1. The van der Waals surface area contributed by atoms with E-state index >= 15 is 0 Å². The molecule has 0 radical (unpaired) electrons. The zero-order valence-corrected chi connectivity index (χ0v) is 12.0. The topological polar surface area (TPSA) is 21.3 Å². The van der Waals surface area contributed by atoms with Gasteiger partial charge >= 0.3 is 0 Å². The molecule has 0 heterocycles. The SMILES string of the molecule is COCCCC(CNC(C)C)Cc1ccccc1. The summed E-state index contributed by atoms with van der Waals surface area (Å²) in [7, 11) is 1.78. The Morgan fingerprint density at radius 3 is 2.50 bits per heavy atom. The highest BCUT2D eigenvalue weighted by Crippen LogP contribution is 2.14. The standard InChI is InChI=1S/C16H27NO/c1-14(2)17-13-16(10-7-11-18-3)12-15-8-5-4-6-9-15/h4-6,8-9,14,16-17H,7,10-13H2,1-3H3. The number of hydrogen-bond acceptors (Lipinski definition) is 2. The molecule has 0 aliphatic rings. The van der Waals surface area contributed by atoms with Crippen molar-refractivity contribution in [2.24, 2.45) is 5.92 Å². The lowest BCUT2D eigenvalue weighted by Crippen LogP contribution is -2.30. The van der Waals surface area contributed by atoms with E-state index in [0.29, 0.717) is 12.0 Å². The second kappa shape index (κ2) is 9.12. The molecule has 1 aromatic carbocycles. The van der Waals surface area contributed by atoms with Crippen LogP contribution in [0.1, 0.15) is 32.3 Å². The maximum atomic E-state index is 5.15. The fraction of sp³-hybridized carbons (Fsp3) is 0.625. The highest BCUT2D eigenvalue weighted by Gasteiger charge is 2.10. The van der Waals surface area contributed by atoms with Gasteiger partial charge in [-0.15, -0.1) is 0 Å². The van der Waals surface area contributed by atoms with Gasteiger partial charge in [-0.1, -0.05) is 44.2 Å². The van der Waals surface area contributed by atoms with Gasteiger partial charge in [-0.2, -0.15) is 0 Å². The molecule has 0 fully saturated rings. The van der Waals surface area contributed by atoms with E-state index < -0.39 is 0 Å². The van der Waals surface area contributed by atoms with Gasteiger partial charge in [0.25, 0.3) is 0 Å². The summed E-state index contributed by atoms with van der Waals surface area (Å²) in [5, 5.41) is 3.55. The average Bonchev–Trinajstić information content (AvgIpc) is 2.37. The van der Waals surface area contributed by atoms with Gasteiger partial charge in [0.15, 0.2) is 0 Å². The van der Waals surface area contributed by atoms with Crippen molar-refractivity contribution in [3.8, 4) is 0 Å². The summed E-state index contributed by atoms with van der Waals surface area (Å²) < 4.78 is 5.15. The average molecular weight is 249 g/mol. The molecule has 2 heteroatoms. The minimum atomic E-state index is 0.561. The molecule has 1 N–H and O–H groups in total. The van der Waals surface area contributed by atoms with Crippen LogP contribution in [0.2, 0.25) is 0 Å². The van der Waals surface area contributed by atoms with E-state index in [1.807, 2.05) is 0 Å². The van der Waals surface area contributed by atoms with Crippen LogP contribution in [0.3, 0.4) is 0 Å². The molecular formula is C16H27NO. The van der Waals surface area contributed by atoms with Crippen LogP contribution < -0.4 is 5.32 Å². The Kier molecular flexibility index (Phi) is 7.70. The molecule has 1 aromatic rings. The maximum absolute atomic E-state index is 5.15. The Balaban J connectivity index is 2.42. The highest BCUT2D eigenvalue weighted by molar-refractivity contribution is 5.15. The van der Waals surface area contributed by atoms with Crippen molar-refractivity contribution in [1.29, 1.82) is 0 Å². The highest BCUT2D eigenvalue weighted by atomic mass is 16.5. The first-order valence-electron chi connectivity index (χ1n) is 6.98. The first kappa shape index (κ1) is 15.2. The van der Waals surface area contributed by atoms with Crippen LogP contribution in [0.4, 0.5) is 0 Å². The van der Waals surface area contributed by atoms with Crippen LogP contribution in [0.5, 0.6) is 0 Å². The molecule has 0 saturated carbocycles. The third-order valence-electron chi connectivity index (χ3n) is 3.14. The molecular weight excluding hydrogens is 222 g/mol. The van der Waals surface area contributed by atoms with Crippen LogP contribution in [0.25, 0.3) is 0 Å². The first-order chi connectivity index (χ1) is 8.72. The van der Waals surface area contributed by atoms with Gasteiger partial charge in [0.1, 0.15) is 0 Å². The second-order valence-corrected chi connectivity index (χ2v) is 5.25. The van der Waals surface area contributed by atoms with Gasteiger partial charge in [0.05, 0.1) is 0 Å². The monoisotopic (exact) mass is 249 g/mol. The predicted molar refractivity (Wildman–Crippen MR) is 77.9 cm³/mol. The molecule has 1 rings (SSSR count). The van der Waals surface area contributed by atoms with E-state index in [1.54, 1.807) is 7.11 Å². The lowest BCUT2D eigenvalue weighted by Gasteiger charge is -2.19. The second-order valence-electron chi connectivity index (χ2n) is 5.25. The largest absolute Gasteiger partial charge is 0.385 e. The lowest BCUT2D eigenvalue weighted by atomic mass is 9.94. The van der Waals surface area contributed by atoms with E-state index in [2.05, 4.69) is 49.5 Å². The summed E-state index contributed by atoms with van der Waals surface area (Å²) in [6.07, 6.45) is 3.53. The molecule has 0 bridgehead atoms. The van der Waals surface area contributed by atoms with Gasteiger partial charge < -0.3 is 10.1 Å². The van der Waals surface area contributed by atoms with E-state index in [-0.39, 0.29) is 0 Å². The number of nitrogens with one attached hydrogen (secondary N) is 1. The van der Waals surface area contributed by atoms with E-state index in [9.17, 15) is 0 Å². The molecule has 0 aromatic heterocycles. The van der Waals surface area contributed by atoms with Crippen LogP contribution >= 0.6 is 0 Å². The smallest absolute Gasteiger partial charge is 0.0462 e. The van der Waals surface area contributed by atoms with Gasteiger partial charge in [-0.3, -0.25) is 0 Å². The van der Waals surface area contributed by atoms with E-state index in [0.717, 1.165) is 26.0 Å². The number of hydrogen-bond donors (Lipinski definition) is 1. The van der Waals surface area contributed by atoms with Gasteiger partial charge in [0.2, 0.25) is 0 Å². The third-order valence-corrected chi connectivity index (χ3v) is 3.14. The Bertz CT molecular complexity index is 297. The zero-order valence-electron chi connectivity index (χ0n) is 12.0. The minimum absolute atomic E-state index is 0.561. The Morgan fingerprint density at radius 1 is 1.17 bits per heavy atom. The Hall–Kier alpha value is -0.860. The molecule has 102 valence electrons. The molecule has 0 aliphatic carbocycles. The van der Waals surface area contributed by atoms with E-state index in [1.165, 1.54) is 12.0 Å². The van der Waals surface area contributed by atoms with Crippen LogP contribution in [-0.2, 0) is 11.2 Å². The van der Waals surface area contributed by atoms with Crippen molar-refractivity contribution < 1.29 is 4.74 Å². The summed E-state index contributed by atoms with van der Waals surface area (Å²) in [5.74, 6) is 0.699. The number of rotatable bonds is 9. The molecule has 18 heavy (non-hydrogen) atoms. The fourth-order valence-electron chi connectivity index (χ4n) is 2.14. The molecule has 0 saturated heterocycles. The van der Waals surface area contributed by atoms with Crippen molar-refractivity contribution in [3.63, 3.8) is 0 Å². The Labute approximate surface area is 112 Å². The summed E-state index contributed by atoms with van der Waals surface area (Å²) in [4.78, 5) is 0. The van der Waals surface area contributed by atoms with Gasteiger partial charge in [-0.25, -0.2) is 0 Å². The number of methoxy groups -OCH3 is 1. The first-order valence-corrected chi connectivity index (χ1v) is 6.98. The molecule has 1 unspecified atom stereocenters. The van der Waals surface area contributed by atoms with Gasteiger partial charge in [-0.05, 0) is 37.3 Å². The maximum Gasteiger partial charge on any atom is 0.0462 e. The quantitative estimate of drug-likeness (QED) is 0.678. The van der Waals surface area contributed by atoms with Crippen molar-refractivity contribution in [2.45, 2.75) is 39.2 Å². The molecule has 0 aliphatic heterocycles. The lowest BCUT2D eigenvalue weighted by molar-refractivity contribution is 0.186. The normalized spacial score (nSPS) is 12.9. The molecule has 0 spiro atoms. The van der Waals surface area contributed by atoms with Gasteiger partial charge in [0, 0.05) is 19.8 Å². The summed E-state index contributed by atoms with van der Waals surface area (Å²) >= 11 is 0. The minimum Gasteiger partial charge on any atom is -0.385 e. The van der Waals surface area contributed by atoms with Crippen LogP contribution in [0, 0.1) is 5.92 Å². The van der Waals surface area contributed by atoms with E-state index in [4.69, 9.17) is 4.74 Å². The molecule has 0 amide bonds. The van der Waals surface area contributed by atoms with Crippen LogP contribution in [0.15, 0.2) is 30.3 Å². The molecule has 1 atom stereocenters. The number of ether oxygens (including phenoxy) is 1. The van der Waals surface area contributed by atoms with Crippen molar-refractivity contribution in [2.75, 3.05) is 20.3 Å². The molecule has 2 nitrogen and oxygen atoms in total. The summed E-state index contributed by atoms with van der Waals surface area (Å²) in [6.45, 7) is 6.37. The van der Waals surface area contributed by atoms with Crippen molar-refractivity contribution >= 4 is 0 Å². The summed E-state index contributed by atoms with van der Waals surface area (Å²) in [6, 6.07) is 11.3. The fourth-order valence-corrected chi connectivity index (χ4v) is 2.14. The zero-order chi connectivity index (χ0) is 13.2. The van der Waals surface area contributed by atoms with Crippen LogP contribution in [-0.4, -0.2) is 26.3 Å². The Morgan fingerprint density at radius 2 is 1.89 bits per heavy atom.